The van der Waals surface area contributed by atoms with E-state index < -0.39 is 5.97 Å². The van der Waals surface area contributed by atoms with Crippen LogP contribution in [-0.4, -0.2) is 22.3 Å². The number of aliphatic hydroxyl groups excluding tert-OH is 1. The van der Waals surface area contributed by atoms with E-state index in [-0.39, 0.29) is 6.10 Å². The fourth-order valence-electron chi connectivity index (χ4n) is 2.26. The summed E-state index contributed by atoms with van der Waals surface area (Å²) in [5.74, 6) is 0.593. The van der Waals surface area contributed by atoms with Crippen molar-refractivity contribution in [3.05, 3.63) is 0 Å². The monoisotopic (exact) mass is 228 g/mol. The lowest BCUT2D eigenvalue weighted by atomic mass is 10.0. The van der Waals surface area contributed by atoms with E-state index in [0.717, 1.165) is 44.4 Å². The van der Waals surface area contributed by atoms with Gasteiger partial charge in [0, 0.05) is 6.42 Å². The highest BCUT2D eigenvalue weighted by Gasteiger charge is 2.37. The second kappa shape index (κ2) is 6.89. The van der Waals surface area contributed by atoms with E-state index in [2.05, 4.69) is 6.92 Å². The average Bonchev–Trinajstić information content (AvgIpc) is 2.93. The minimum absolute atomic E-state index is 0.0889. The van der Waals surface area contributed by atoms with Crippen molar-refractivity contribution in [1.29, 1.82) is 0 Å². The van der Waals surface area contributed by atoms with Gasteiger partial charge in [0.1, 0.15) is 0 Å². The van der Waals surface area contributed by atoms with Crippen molar-refractivity contribution in [3.63, 3.8) is 0 Å². The number of aliphatic hydroxyl groups is 1. The molecule has 0 aromatic rings. The predicted molar refractivity (Wildman–Crippen MR) is 63.2 cm³/mol. The molecule has 1 fully saturated rings. The third-order valence-corrected chi connectivity index (χ3v) is 3.56. The number of carboxylic acid groups (broad SMARTS) is 1. The molecule has 3 nitrogen and oxygen atoms in total. The Morgan fingerprint density at radius 2 is 1.81 bits per heavy atom. The van der Waals surface area contributed by atoms with Crippen LogP contribution in [-0.2, 0) is 4.79 Å². The van der Waals surface area contributed by atoms with E-state index in [4.69, 9.17) is 5.11 Å². The van der Waals surface area contributed by atoms with Gasteiger partial charge < -0.3 is 10.2 Å². The predicted octanol–water partition coefficient (Wildman–Crippen LogP) is 2.82. The Labute approximate surface area is 97.9 Å². The Balaban J connectivity index is 1.83. The van der Waals surface area contributed by atoms with E-state index in [9.17, 15) is 9.90 Å². The van der Waals surface area contributed by atoms with Crippen LogP contribution < -0.4 is 0 Å². The molecular formula is C13H24O3. The molecule has 1 rings (SSSR count). The summed E-state index contributed by atoms with van der Waals surface area (Å²) in [5.41, 5.74) is 0. The standard InChI is InChI=1S/C13H24O3/c1-10-9-11(10)12(14)7-5-3-2-4-6-8-13(15)16/h10-12,14H,2-9H2,1H3,(H,15,16)/t10-,11+,12?/m0/s1. The zero-order valence-electron chi connectivity index (χ0n) is 10.2. The van der Waals surface area contributed by atoms with Gasteiger partial charge in [-0.05, 0) is 31.1 Å². The zero-order valence-corrected chi connectivity index (χ0v) is 10.2. The van der Waals surface area contributed by atoms with Crippen molar-refractivity contribution in [2.45, 2.75) is 64.4 Å². The number of hydrogen-bond donors (Lipinski definition) is 2. The summed E-state index contributed by atoms with van der Waals surface area (Å²) in [7, 11) is 0. The maximum Gasteiger partial charge on any atom is 0.303 e. The van der Waals surface area contributed by atoms with Crippen LogP contribution in [0.5, 0.6) is 0 Å². The molecule has 1 saturated carbocycles. The van der Waals surface area contributed by atoms with Gasteiger partial charge in [-0.3, -0.25) is 4.79 Å². The molecule has 2 N–H and O–H groups in total. The highest BCUT2D eigenvalue weighted by molar-refractivity contribution is 5.66. The Bertz CT molecular complexity index is 215. The molecular weight excluding hydrogens is 204 g/mol. The summed E-state index contributed by atoms with van der Waals surface area (Å²) < 4.78 is 0. The number of carboxylic acids is 1. The van der Waals surface area contributed by atoms with Gasteiger partial charge in [-0.2, -0.15) is 0 Å². The van der Waals surface area contributed by atoms with E-state index >= 15 is 0 Å². The van der Waals surface area contributed by atoms with Crippen molar-refractivity contribution < 1.29 is 15.0 Å². The maximum atomic E-state index is 10.3. The third kappa shape index (κ3) is 5.50. The normalized spacial score (nSPS) is 25.4. The second-order valence-electron chi connectivity index (χ2n) is 5.14. The van der Waals surface area contributed by atoms with Crippen LogP contribution in [0.15, 0.2) is 0 Å². The zero-order chi connectivity index (χ0) is 12.0. The van der Waals surface area contributed by atoms with Crippen LogP contribution in [0.1, 0.15) is 58.3 Å². The molecule has 0 heterocycles. The van der Waals surface area contributed by atoms with Crippen molar-refractivity contribution in [3.8, 4) is 0 Å². The number of hydrogen-bond acceptors (Lipinski definition) is 2. The molecule has 0 bridgehead atoms. The topological polar surface area (TPSA) is 57.5 Å². The van der Waals surface area contributed by atoms with Crippen LogP contribution >= 0.6 is 0 Å². The smallest absolute Gasteiger partial charge is 0.303 e. The van der Waals surface area contributed by atoms with Crippen LogP contribution in [0.3, 0.4) is 0 Å². The lowest BCUT2D eigenvalue weighted by Gasteiger charge is -2.08. The number of aliphatic carboxylic acids is 1. The second-order valence-corrected chi connectivity index (χ2v) is 5.14. The number of carbonyl (C=O) groups is 1. The Kier molecular flexibility index (Phi) is 5.81. The van der Waals surface area contributed by atoms with Gasteiger partial charge in [-0.1, -0.05) is 32.6 Å². The van der Waals surface area contributed by atoms with Gasteiger partial charge in [0.05, 0.1) is 6.10 Å². The fourth-order valence-corrected chi connectivity index (χ4v) is 2.26. The fraction of sp³-hybridized carbons (Fsp3) is 0.923. The van der Waals surface area contributed by atoms with Gasteiger partial charge in [-0.15, -0.1) is 0 Å². The largest absolute Gasteiger partial charge is 0.481 e. The van der Waals surface area contributed by atoms with Crippen LogP contribution in [0.4, 0.5) is 0 Å². The van der Waals surface area contributed by atoms with E-state index in [1.165, 1.54) is 6.42 Å². The van der Waals surface area contributed by atoms with Crippen molar-refractivity contribution in [1.82, 2.24) is 0 Å². The molecule has 1 aliphatic carbocycles. The lowest BCUT2D eigenvalue weighted by Crippen LogP contribution is -2.09. The average molecular weight is 228 g/mol. The number of rotatable bonds is 9. The molecule has 0 amide bonds. The first-order valence-electron chi connectivity index (χ1n) is 6.51. The van der Waals surface area contributed by atoms with Crippen molar-refractivity contribution in [2.24, 2.45) is 11.8 Å². The molecule has 0 aromatic carbocycles. The minimum Gasteiger partial charge on any atom is -0.481 e. The van der Waals surface area contributed by atoms with E-state index in [0.29, 0.717) is 12.3 Å². The Hall–Kier alpha value is -0.570. The molecule has 16 heavy (non-hydrogen) atoms. The molecule has 94 valence electrons. The van der Waals surface area contributed by atoms with Gasteiger partial charge in [0.2, 0.25) is 0 Å². The summed E-state index contributed by atoms with van der Waals surface area (Å²) in [5, 5.41) is 18.2. The van der Waals surface area contributed by atoms with Gasteiger partial charge in [-0.25, -0.2) is 0 Å². The first kappa shape index (κ1) is 13.5. The van der Waals surface area contributed by atoms with Crippen LogP contribution in [0, 0.1) is 11.8 Å². The quantitative estimate of drug-likeness (QED) is 0.597. The van der Waals surface area contributed by atoms with Gasteiger partial charge in [0.15, 0.2) is 0 Å². The summed E-state index contributed by atoms with van der Waals surface area (Å²) in [6.07, 6.45) is 7.42. The third-order valence-electron chi connectivity index (χ3n) is 3.56. The molecule has 0 radical (unpaired) electrons. The molecule has 0 saturated heterocycles. The first-order valence-corrected chi connectivity index (χ1v) is 6.51. The molecule has 0 aromatic heterocycles. The van der Waals surface area contributed by atoms with Gasteiger partial charge in [0.25, 0.3) is 0 Å². The van der Waals surface area contributed by atoms with Gasteiger partial charge >= 0.3 is 5.97 Å². The Morgan fingerprint density at radius 3 is 2.38 bits per heavy atom. The molecule has 1 unspecified atom stereocenters. The Morgan fingerprint density at radius 1 is 1.25 bits per heavy atom. The lowest BCUT2D eigenvalue weighted by molar-refractivity contribution is -0.137. The highest BCUT2D eigenvalue weighted by Crippen LogP contribution is 2.41. The summed E-state index contributed by atoms with van der Waals surface area (Å²) in [4.78, 5) is 10.3. The molecule has 0 spiro atoms. The SMILES string of the molecule is C[C@H]1C[C@H]1C(O)CCCCCCCC(=O)O. The van der Waals surface area contributed by atoms with E-state index in [1.54, 1.807) is 0 Å². The molecule has 1 aliphatic rings. The molecule has 3 atom stereocenters. The highest BCUT2D eigenvalue weighted by atomic mass is 16.4. The molecule has 0 aliphatic heterocycles. The van der Waals surface area contributed by atoms with Crippen LogP contribution in [0.25, 0.3) is 0 Å². The van der Waals surface area contributed by atoms with Crippen molar-refractivity contribution in [2.75, 3.05) is 0 Å². The summed E-state index contributed by atoms with van der Waals surface area (Å²) in [6.45, 7) is 2.19. The molecule has 3 heteroatoms. The first-order chi connectivity index (χ1) is 7.61. The van der Waals surface area contributed by atoms with Crippen molar-refractivity contribution >= 4 is 5.97 Å². The summed E-state index contributed by atoms with van der Waals surface area (Å²) >= 11 is 0. The van der Waals surface area contributed by atoms with E-state index in [1.807, 2.05) is 0 Å². The van der Waals surface area contributed by atoms with Crippen LogP contribution in [0.2, 0.25) is 0 Å². The summed E-state index contributed by atoms with van der Waals surface area (Å²) in [6, 6.07) is 0. The number of unbranched alkanes of at least 4 members (excludes halogenated alkanes) is 4. The minimum atomic E-state index is -0.696. The maximum absolute atomic E-state index is 10.3.